The highest BCUT2D eigenvalue weighted by molar-refractivity contribution is 5.99. The van der Waals surface area contributed by atoms with Crippen LogP contribution in [0.4, 0.5) is 11.5 Å². The van der Waals surface area contributed by atoms with Gasteiger partial charge in [0, 0.05) is 29.6 Å². The Hall–Kier alpha value is -3.40. The zero-order chi connectivity index (χ0) is 21.0. The van der Waals surface area contributed by atoms with E-state index in [2.05, 4.69) is 41.2 Å². The van der Waals surface area contributed by atoms with Gasteiger partial charge in [0.15, 0.2) is 0 Å². The molecule has 1 aromatic heterocycles. The minimum absolute atomic E-state index is 0.234. The van der Waals surface area contributed by atoms with Crippen molar-refractivity contribution < 1.29 is 4.79 Å². The van der Waals surface area contributed by atoms with Crippen molar-refractivity contribution in [3.63, 3.8) is 0 Å². The van der Waals surface area contributed by atoms with Crippen molar-refractivity contribution in [1.82, 2.24) is 10.2 Å². The van der Waals surface area contributed by atoms with Crippen molar-refractivity contribution in [3.05, 3.63) is 45.8 Å². The number of allylic oxidation sites excluding steroid dienone is 2. The largest absolute Gasteiger partial charge is 0.402 e. The number of carbonyl (C=O) groups excluding carboxylic acids is 1. The van der Waals surface area contributed by atoms with Gasteiger partial charge in [-0.3, -0.25) is 9.89 Å². The number of nitrogen functional groups attached to an aromatic ring is 1. The summed E-state index contributed by atoms with van der Waals surface area (Å²) in [5, 5.41) is 9.61. The van der Waals surface area contributed by atoms with Crippen LogP contribution < -0.4 is 22.5 Å². The van der Waals surface area contributed by atoms with Crippen molar-refractivity contribution in [2.75, 3.05) is 18.1 Å². The number of carbonyl (C=O) groups is 1. The van der Waals surface area contributed by atoms with Crippen LogP contribution in [0.1, 0.15) is 59.9 Å². The number of aromatic amines is 1. The van der Waals surface area contributed by atoms with E-state index in [1.165, 1.54) is 0 Å². The Kier molecular flexibility index (Phi) is 6.37. The quantitative estimate of drug-likeness (QED) is 0.401. The summed E-state index contributed by atoms with van der Waals surface area (Å²) in [6, 6.07) is 3.84. The summed E-state index contributed by atoms with van der Waals surface area (Å²) in [5.41, 5.74) is 23.5. The van der Waals surface area contributed by atoms with Gasteiger partial charge in [0.05, 0.1) is 0 Å². The van der Waals surface area contributed by atoms with Gasteiger partial charge in [-0.05, 0) is 55.4 Å². The summed E-state index contributed by atoms with van der Waals surface area (Å²) in [6.45, 7) is 8.12. The first-order valence-corrected chi connectivity index (χ1v) is 9.15. The zero-order valence-corrected chi connectivity index (χ0v) is 17.0. The lowest BCUT2D eigenvalue weighted by Crippen LogP contribution is -2.13. The van der Waals surface area contributed by atoms with Gasteiger partial charge in [0.2, 0.25) is 0 Å². The van der Waals surface area contributed by atoms with Crippen LogP contribution in [0.2, 0.25) is 0 Å². The Morgan fingerprint density at radius 3 is 2.54 bits per heavy atom. The fourth-order valence-corrected chi connectivity index (χ4v) is 3.14. The zero-order valence-electron chi connectivity index (χ0n) is 17.0. The van der Waals surface area contributed by atoms with Crippen molar-refractivity contribution >= 4 is 23.0 Å². The predicted molar refractivity (Wildman–Crippen MR) is 114 cm³/mol. The number of hydrogen-bond donors (Lipinski definition) is 5. The molecular weight excluding hydrogens is 352 g/mol. The van der Waals surface area contributed by atoms with E-state index in [1.54, 1.807) is 7.05 Å². The second-order valence-electron chi connectivity index (χ2n) is 6.85. The van der Waals surface area contributed by atoms with Crippen molar-refractivity contribution in [1.29, 1.82) is 0 Å². The lowest BCUT2D eigenvalue weighted by Gasteiger charge is -2.19. The minimum atomic E-state index is -0.601. The van der Waals surface area contributed by atoms with Crippen molar-refractivity contribution in [2.24, 2.45) is 17.4 Å². The molecule has 0 aliphatic heterocycles. The highest BCUT2D eigenvalue weighted by atomic mass is 16.1. The van der Waals surface area contributed by atoms with Crippen LogP contribution in [0, 0.1) is 24.7 Å². The second kappa shape index (κ2) is 8.53. The number of H-pyrrole nitrogens is 1. The number of nitrogens with two attached hydrogens (primary N) is 3. The van der Waals surface area contributed by atoms with E-state index in [0.717, 1.165) is 34.4 Å². The molecule has 0 spiro atoms. The third-order valence-corrected chi connectivity index (χ3v) is 4.79. The molecule has 148 valence electrons. The number of primary amides is 1. The van der Waals surface area contributed by atoms with Crippen LogP contribution in [0.25, 0.3) is 5.57 Å². The molecule has 2 aromatic rings. The first-order valence-electron chi connectivity index (χ1n) is 9.15. The molecule has 7 nitrogen and oxygen atoms in total. The van der Waals surface area contributed by atoms with Gasteiger partial charge in [-0.15, -0.1) is 0 Å². The smallest absolute Gasteiger partial charge is 0.255 e. The first-order chi connectivity index (χ1) is 13.2. The van der Waals surface area contributed by atoms with Gasteiger partial charge in [-0.25, -0.2) is 0 Å². The maximum atomic E-state index is 11.7. The van der Waals surface area contributed by atoms with Crippen LogP contribution in [0.15, 0.2) is 17.8 Å². The van der Waals surface area contributed by atoms with E-state index in [-0.39, 0.29) is 11.3 Å². The number of amides is 1. The normalized spacial score (nSPS) is 12.6. The Morgan fingerprint density at radius 2 is 2.00 bits per heavy atom. The number of aromatic nitrogens is 2. The van der Waals surface area contributed by atoms with Gasteiger partial charge in [-0.2, -0.15) is 5.10 Å². The van der Waals surface area contributed by atoms with Crippen molar-refractivity contribution in [3.8, 4) is 11.8 Å². The average molecular weight is 380 g/mol. The monoisotopic (exact) mass is 380 g/mol. The fourth-order valence-electron chi connectivity index (χ4n) is 3.14. The highest BCUT2D eigenvalue weighted by Gasteiger charge is 2.17. The van der Waals surface area contributed by atoms with E-state index >= 15 is 0 Å². The van der Waals surface area contributed by atoms with Gasteiger partial charge >= 0.3 is 0 Å². The van der Waals surface area contributed by atoms with E-state index in [4.69, 9.17) is 17.2 Å². The molecule has 0 radical (unpaired) electrons. The molecule has 2 rings (SSSR count). The molecule has 1 heterocycles. The third-order valence-electron chi connectivity index (χ3n) is 4.79. The van der Waals surface area contributed by atoms with Crippen LogP contribution in [-0.2, 0) is 0 Å². The SMILES string of the molecule is CCC(C)/C(=C(\C)N)c1cc(C)c(C#Cc2n[nH]c(NC)c2C(N)=O)cc1N. The third kappa shape index (κ3) is 4.12. The number of aryl methyl sites for hydroxylation is 1. The molecule has 28 heavy (non-hydrogen) atoms. The number of hydrogen-bond acceptors (Lipinski definition) is 5. The predicted octanol–water partition coefficient (Wildman–Crippen LogP) is 2.58. The summed E-state index contributed by atoms with van der Waals surface area (Å²) in [6.07, 6.45) is 0.965. The molecule has 0 aliphatic rings. The number of rotatable bonds is 5. The van der Waals surface area contributed by atoms with E-state index in [0.29, 0.717) is 17.4 Å². The molecule has 0 aliphatic carbocycles. The molecule has 0 fully saturated rings. The molecule has 1 unspecified atom stereocenters. The van der Waals surface area contributed by atoms with Crippen molar-refractivity contribution in [2.45, 2.75) is 34.1 Å². The van der Waals surface area contributed by atoms with E-state index < -0.39 is 5.91 Å². The standard InChI is InChI=1S/C21H28N6O/c1-6-11(2)18(13(4)22)15-9-12(3)14(10-16(15)23)7-8-17-19(20(24)28)21(25-5)27-26-17/h9-11H,6,22-23H2,1-5H3,(H2,24,28)(H2,25,26,27)/b18-13-. The van der Waals surface area contributed by atoms with E-state index in [9.17, 15) is 4.79 Å². The average Bonchev–Trinajstić information content (AvgIpc) is 3.06. The number of benzene rings is 1. The van der Waals surface area contributed by atoms with Crippen LogP contribution in [0.5, 0.6) is 0 Å². The van der Waals surface area contributed by atoms with Gasteiger partial charge in [0.25, 0.3) is 5.91 Å². The topological polar surface area (TPSA) is 136 Å². The minimum Gasteiger partial charge on any atom is -0.402 e. The Bertz CT molecular complexity index is 986. The van der Waals surface area contributed by atoms with Crippen LogP contribution >= 0.6 is 0 Å². The van der Waals surface area contributed by atoms with E-state index in [1.807, 2.05) is 26.0 Å². The molecular formula is C21H28N6O. The lowest BCUT2D eigenvalue weighted by molar-refractivity contribution is 0.100. The summed E-state index contributed by atoms with van der Waals surface area (Å²) in [5.74, 6) is 6.09. The number of nitrogens with one attached hydrogen (secondary N) is 2. The Labute approximate surface area is 165 Å². The summed E-state index contributed by atoms with van der Waals surface area (Å²) < 4.78 is 0. The molecule has 0 saturated heterocycles. The molecule has 1 atom stereocenters. The van der Waals surface area contributed by atoms with Crippen LogP contribution in [-0.4, -0.2) is 23.2 Å². The Balaban J connectivity index is 2.52. The summed E-state index contributed by atoms with van der Waals surface area (Å²) in [7, 11) is 1.67. The lowest BCUT2D eigenvalue weighted by atomic mass is 9.87. The number of anilines is 2. The Morgan fingerprint density at radius 1 is 1.32 bits per heavy atom. The summed E-state index contributed by atoms with van der Waals surface area (Å²) in [4.78, 5) is 11.7. The molecule has 0 saturated carbocycles. The first kappa shape index (κ1) is 20.9. The maximum absolute atomic E-state index is 11.7. The maximum Gasteiger partial charge on any atom is 0.255 e. The fraction of sp³-hybridized carbons (Fsp3) is 0.333. The second-order valence-corrected chi connectivity index (χ2v) is 6.85. The van der Waals surface area contributed by atoms with Gasteiger partial charge in [-0.1, -0.05) is 19.8 Å². The molecule has 0 bridgehead atoms. The summed E-state index contributed by atoms with van der Waals surface area (Å²) >= 11 is 0. The number of nitrogens with zero attached hydrogens (tertiary/aromatic N) is 1. The van der Waals surface area contributed by atoms with Gasteiger partial charge < -0.3 is 22.5 Å². The van der Waals surface area contributed by atoms with Gasteiger partial charge in [0.1, 0.15) is 17.1 Å². The molecule has 7 heteroatoms. The van der Waals surface area contributed by atoms with Crippen LogP contribution in [0.3, 0.4) is 0 Å². The molecule has 1 aromatic carbocycles. The molecule has 1 amide bonds. The molecule has 8 N–H and O–H groups in total. The highest BCUT2D eigenvalue weighted by Crippen LogP contribution is 2.33.